The van der Waals surface area contributed by atoms with E-state index in [0.29, 0.717) is 12.4 Å². The first kappa shape index (κ1) is 13.2. The molecule has 19 heavy (non-hydrogen) atoms. The number of aliphatic carboxylic acids is 1. The Morgan fingerprint density at radius 2 is 2.16 bits per heavy atom. The number of carbonyl (C=O) groups excluding carboxylic acids is 1. The summed E-state index contributed by atoms with van der Waals surface area (Å²) in [5.74, 6) is -1.71. The third-order valence-corrected chi connectivity index (χ3v) is 3.13. The van der Waals surface area contributed by atoms with Crippen LogP contribution in [0.25, 0.3) is 0 Å². The zero-order chi connectivity index (χ0) is 14.0. The molecule has 2 atom stereocenters. The van der Waals surface area contributed by atoms with Crippen molar-refractivity contribution < 1.29 is 19.4 Å². The monoisotopic (exact) mass is 266 g/mol. The van der Waals surface area contributed by atoms with E-state index in [4.69, 9.17) is 15.6 Å². The van der Waals surface area contributed by atoms with Crippen molar-refractivity contribution in [2.75, 3.05) is 25.2 Å². The Morgan fingerprint density at radius 3 is 2.68 bits per heavy atom. The minimum atomic E-state index is -0.906. The number of rotatable bonds is 4. The molecule has 8 heteroatoms. The normalized spacial score (nSPS) is 22.2. The predicted molar refractivity (Wildman–Crippen MR) is 64.7 cm³/mol. The Labute approximate surface area is 109 Å². The number of anilines is 1. The molecule has 8 nitrogen and oxygen atoms in total. The number of ether oxygens (including phenoxy) is 1. The molecule has 0 aliphatic carbocycles. The molecule has 1 fully saturated rings. The van der Waals surface area contributed by atoms with E-state index in [1.165, 1.54) is 6.07 Å². The smallest absolute Gasteiger partial charge is 0.311 e. The second kappa shape index (κ2) is 5.19. The molecule has 0 radical (unpaired) electrons. The van der Waals surface area contributed by atoms with Gasteiger partial charge in [-0.2, -0.15) is 0 Å². The van der Waals surface area contributed by atoms with Gasteiger partial charge in [-0.05, 0) is 12.1 Å². The van der Waals surface area contributed by atoms with Crippen LogP contribution in [0.1, 0.15) is 10.5 Å². The molecule has 1 saturated heterocycles. The van der Waals surface area contributed by atoms with Gasteiger partial charge in [0, 0.05) is 7.05 Å². The lowest BCUT2D eigenvalue weighted by molar-refractivity contribution is -0.141. The molecule has 102 valence electrons. The van der Waals surface area contributed by atoms with Gasteiger partial charge in [0.2, 0.25) is 0 Å². The highest BCUT2D eigenvalue weighted by Gasteiger charge is 2.37. The van der Waals surface area contributed by atoms with Gasteiger partial charge < -0.3 is 20.5 Å². The number of nitrogens with two attached hydrogens (primary N) is 1. The van der Waals surface area contributed by atoms with Crippen LogP contribution in [0.4, 0.5) is 5.82 Å². The number of carboxylic acid groups (broad SMARTS) is 1. The van der Waals surface area contributed by atoms with Crippen LogP contribution >= 0.6 is 0 Å². The quantitative estimate of drug-likeness (QED) is 0.725. The lowest BCUT2D eigenvalue weighted by Crippen LogP contribution is -2.41. The van der Waals surface area contributed by atoms with E-state index in [-0.39, 0.29) is 18.3 Å². The van der Waals surface area contributed by atoms with Gasteiger partial charge in [-0.15, -0.1) is 10.2 Å². The standard InChI is InChI=1S/C11H14N4O4/c1-15(8-5-19-4-6(8)11(17)18)9-3-2-7(10(12)16)13-14-9/h2-3,6,8H,4-5H2,1H3,(H2,12,16)(H,17,18). The fraction of sp³-hybridized carbons (Fsp3) is 0.455. The molecular weight excluding hydrogens is 252 g/mol. The van der Waals surface area contributed by atoms with Crippen molar-refractivity contribution in [1.29, 1.82) is 0 Å². The lowest BCUT2D eigenvalue weighted by atomic mass is 10.0. The maximum absolute atomic E-state index is 11.1. The van der Waals surface area contributed by atoms with E-state index in [0.717, 1.165) is 0 Å². The summed E-state index contributed by atoms with van der Waals surface area (Å²) < 4.78 is 5.19. The third-order valence-electron chi connectivity index (χ3n) is 3.13. The molecule has 1 aliphatic heterocycles. The summed E-state index contributed by atoms with van der Waals surface area (Å²) in [6, 6.07) is 2.71. The van der Waals surface area contributed by atoms with E-state index in [9.17, 15) is 9.59 Å². The van der Waals surface area contributed by atoms with Crippen molar-refractivity contribution in [2.45, 2.75) is 6.04 Å². The summed E-state index contributed by atoms with van der Waals surface area (Å²) in [4.78, 5) is 23.7. The molecule has 1 aromatic heterocycles. The highest BCUT2D eigenvalue weighted by atomic mass is 16.5. The van der Waals surface area contributed by atoms with Crippen LogP contribution in [0.2, 0.25) is 0 Å². The topological polar surface area (TPSA) is 119 Å². The van der Waals surface area contributed by atoms with Gasteiger partial charge in [0.05, 0.1) is 19.3 Å². The van der Waals surface area contributed by atoms with Crippen LogP contribution in [0.5, 0.6) is 0 Å². The average Bonchev–Trinajstić information content (AvgIpc) is 2.87. The van der Waals surface area contributed by atoms with E-state index < -0.39 is 17.8 Å². The average molecular weight is 266 g/mol. The molecule has 1 amide bonds. The number of carboxylic acids is 1. The van der Waals surface area contributed by atoms with Gasteiger partial charge in [0.1, 0.15) is 5.92 Å². The number of amides is 1. The van der Waals surface area contributed by atoms with Crippen LogP contribution in [0.3, 0.4) is 0 Å². The van der Waals surface area contributed by atoms with Crippen molar-refractivity contribution in [2.24, 2.45) is 11.7 Å². The molecule has 1 aromatic rings. The van der Waals surface area contributed by atoms with E-state index >= 15 is 0 Å². The number of primary amides is 1. The van der Waals surface area contributed by atoms with Crippen LogP contribution in [-0.4, -0.2) is 53.5 Å². The molecule has 2 unspecified atom stereocenters. The largest absolute Gasteiger partial charge is 0.481 e. The number of hydrogen-bond acceptors (Lipinski definition) is 6. The fourth-order valence-corrected chi connectivity index (χ4v) is 1.98. The van der Waals surface area contributed by atoms with Gasteiger partial charge in [-0.3, -0.25) is 9.59 Å². The second-order valence-corrected chi connectivity index (χ2v) is 4.30. The second-order valence-electron chi connectivity index (χ2n) is 4.30. The van der Waals surface area contributed by atoms with Gasteiger partial charge in [-0.25, -0.2) is 0 Å². The van der Waals surface area contributed by atoms with Gasteiger partial charge in [0.15, 0.2) is 11.5 Å². The van der Waals surface area contributed by atoms with E-state index in [1.54, 1.807) is 18.0 Å². The predicted octanol–water partition coefficient (Wildman–Crippen LogP) is -0.889. The number of hydrogen-bond donors (Lipinski definition) is 2. The summed E-state index contributed by atoms with van der Waals surface area (Å²) in [7, 11) is 1.71. The summed E-state index contributed by atoms with van der Waals surface area (Å²) in [6.45, 7) is 0.490. The molecule has 0 aromatic carbocycles. The Morgan fingerprint density at radius 1 is 1.42 bits per heavy atom. The summed E-state index contributed by atoms with van der Waals surface area (Å²) in [6.07, 6.45) is 0. The molecule has 0 bridgehead atoms. The van der Waals surface area contributed by atoms with E-state index in [2.05, 4.69) is 10.2 Å². The first-order chi connectivity index (χ1) is 9.00. The number of carbonyl (C=O) groups is 2. The van der Waals surface area contributed by atoms with Crippen LogP contribution in [-0.2, 0) is 9.53 Å². The zero-order valence-electron chi connectivity index (χ0n) is 10.3. The zero-order valence-corrected chi connectivity index (χ0v) is 10.3. The number of aromatic nitrogens is 2. The first-order valence-corrected chi connectivity index (χ1v) is 5.67. The van der Waals surface area contributed by atoms with Crippen molar-refractivity contribution in [1.82, 2.24) is 10.2 Å². The Kier molecular flexibility index (Phi) is 3.61. The highest BCUT2D eigenvalue weighted by molar-refractivity contribution is 5.90. The van der Waals surface area contributed by atoms with Crippen LogP contribution in [0, 0.1) is 5.92 Å². The maximum Gasteiger partial charge on any atom is 0.311 e. The van der Waals surface area contributed by atoms with Crippen molar-refractivity contribution in [3.05, 3.63) is 17.8 Å². The molecule has 0 spiro atoms. The molecule has 0 saturated carbocycles. The van der Waals surface area contributed by atoms with Crippen molar-refractivity contribution in [3.8, 4) is 0 Å². The van der Waals surface area contributed by atoms with Gasteiger partial charge >= 0.3 is 5.97 Å². The molecule has 2 rings (SSSR count). The lowest BCUT2D eigenvalue weighted by Gasteiger charge is -2.26. The van der Waals surface area contributed by atoms with Crippen molar-refractivity contribution >= 4 is 17.7 Å². The van der Waals surface area contributed by atoms with Gasteiger partial charge in [-0.1, -0.05) is 0 Å². The minimum absolute atomic E-state index is 0.0645. The SMILES string of the molecule is CN(c1ccc(C(N)=O)nn1)C1COCC1C(=O)O. The molecular formula is C11H14N4O4. The fourth-order valence-electron chi connectivity index (χ4n) is 1.98. The summed E-state index contributed by atoms with van der Waals surface area (Å²) in [5, 5.41) is 16.6. The maximum atomic E-state index is 11.1. The highest BCUT2D eigenvalue weighted by Crippen LogP contribution is 2.22. The molecule has 1 aliphatic rings. The van der Waals surface area contributed by atoms with E-state index in [1.807, 2.05) is 0 Å². The Bertz CT molecular complexity index is 490. The number of nitrogens with zero attached hydrogens (tertiary/aromatic N) is 3. The minimum Gasteiger partial charge on any atom is -0.481 e. The summed E-state index contributed by atoms with van der Waals surface area (Å²) >= 11 is 0. The van der Waals surface area contributed by atoms with Gasteiger partial charge in [0.25, 0.3) is 5.91 Å². The molecule has 3 N–H and O–H groups in total. The molecule has 2 heterocycles. The third kappa shape index (κ3) is 2.63. The first-order valence-electron chi connectivity index (χ1n) is 5.67. The van der Waals surface area contributed by atoms with Crippen LogP contribution in [0.15, 0.2) is 12.1 Å². The van der Waals surface area contributed by atoms with Crippen molar-refractivity contribution in [3.63, 3.8) is 0 Å². The Hall–Kier alpha value is -2.22. The summed E-state index contributed by atoms with van der Waals surface area (Å²) in [5.41, 5.74) is 5.14. The van der Waals surface area contributed by atoms with Crippen LogP contribution < -0.4 is 10.6 Å². The number of likely N-dealkylation sites (N-methyl/N-ethyl adjacent to an activating group) is 1. The Balaban J connectivity index is 2.17.